The molecule has 5 heterocycles. The highest BCUT2D eigenvalue weighted by atomic mass is 16.5. The molecule has 6 aliphatic rings. The van der Waals surface area contributed by atoms with Crippen molar-refractivity contribution in [2.75, 3.05) is 20.8 Å². The SMILES string of the molecule is C=CC1=C(C)C2=NC1=CC1=C(C)C3=C(O)C(C(=O)OC)C(=C4NC(=CC5=NC(=C2)C(C(C)OCC)=C5C)[C@@H](C)[C@@H]4CCC(=O)OC)C3=N1. The Kier molecular flexibility index (Phi) is 8.72. The zero-order chi connectivity index (χ0) is 34.6. The van der Waals surface area contributed by atoms with Crippen molar-refractivity contribution < 1.29 is 28.9 Å². The van der Waals surface area contributed by atoms with E-state index in [1.807, 2.05) is 52.8 Å². The van der Waals surface area contributed by atoms with Gasteiger partial charge in [0.1, 0.15) is 11.7 Å². The van der Waals surface area contributed by atoms with E-state index < -0.39 is 11.9 Å². The van der Waals surface area contributed by atoms with Gasteiger partial charge in [-0.25, -0.2) is 15.0 Å². The number of carbonyl (C=O) groups excluding carboxylic acids is 2. The van der Waals surface area contributed by atoms with Crippen LogP contribution in [0.3, 0.4) is 0 Å². The minimum Gasteiger partial charge on any atom is -0.510 e. The van der Waals surface area contributed by atoms with Crippen LogP contribution in [0.1, 0.15) is 54.4 Å². The first-order valence-corrected chi connectivity index (χ1v) is 16.3. The first-order chi connectivity index (χ1) is 22.9. The maximum absolute atomic E-state index is 13.4. The average molecular weight is 651 g/mol. The molecule has 10 nitrogen and oxygen atoms in total. The summed E-state index contributed by atoms with van der Waals surface area (Å²) in [5.74, 6) is -2.45. The Bertz CT molecular complexity index is 1900. The quantitative estimate of drug-likeness (QED) is 0.299. The highest BCUT2D eigenvalue weighted by molar-refractivity contribution is 6.24. The maximum atomic E-state index is 13.4. The summed E-state index contributed by atoms with van der Waals surface area (Å²) in [4.78, 5) is 41.0. The minimum absolute atomic E-state index is 0.105. The molecule has 1 fully saturated rings. The van der Waals surface area contributed by atoms with Gasteiger partial charge in [0.25, 0.3) is 0 Å². The largest absolute Gasteiger partial charge is 0.510 e. The van der Waals surface area contributed by atoms with Crippen molar-refractivity contribution in [3.05, 3.63) is 104 Å². The van der Waals surface area contributed by atoms with E-state index in [0.717, 1.165) is 50.7 Å². The number of aliphatic hydroxyl groups excluding tert-OH is 1. The van der Waals surface area contributed by atoms with E-state index in [0.29, 0.717) is 47.0 Å². The molecule has 10 heteroatoms. The van der Waals surface area contributed by atoms with Crippen LogP contribution >= 0.6 is 0 Å². The molecular formula is C38H42N4O6. The van der Waals surface area contributed by atoms with Gasteiger partial charge in [-0.2, -0.15) is 0 Å². The summed E-state index contributed by atoms with van der Waals surface area (Å²) in [6, 6.07) is 0. The van der Waals surface area contributed by atoms with E-state index in [1.54, 1.807) is 6.08 Å². The number of rotatable bonds is 8. The lowest BCUT2D eigenvalue weighted by Gasteiger charge is -2.20. The van der Waals surface area contributed by atoms with E-state index in [9.17, 15) is 14.7 Å². The van der Waals surface area contributed by atoms with Crippen molar-refractivity contribution in [2.24, 2.45) is 32.7 Å². The lowest BCUT2D eigenvalue weighted by molar-refractivity contribution is -0.143. The number of allylic oxidation sites excluding steroid dienone is 10. The van der Waals surface area contributed by atoms with Gasteiger partial charge in [0, 0.05) is 58.6 Å². The third kappa shape index (κ3) is 5.19. The maximum Gasteiger partial charge on any atom is 0.321 e. The molecule has 0 aromatic carbocycles. The smallest absolute Gasteiger partial charge is 0.321 e. The van der Waals surface area contributed by atoms with Crippen LogP contribution in [0.4, 0.5) is 0 Å². The number of hydrogen-bond donors (Lipinski definition) is 2. The topological polar surface area (TPSA) is 131 Å². The highest BCUT2D eigenvalue weighted by Crippen LogP contribution is 2.49. The lowest BCUT2D eigenvalue weighted by atomic mass is 9.84. The van der Waals surface area contributed by atoms with Crippen LogP contribution in [0.5, 0.6) is 0 Å². The molecule has 4 atom stereocenters. The molecule has 2 unspecified atom stereocenters. The van der Waals surface area contributed by atoms with Gasteiger partial charge in [-0.1, -0.05) is 19.6 Å². The molecule has 2 N–H and O–H groups in total. The number of aliphatic hydroxyl groups is 1. The number of carbonyl (C=O) groups is 2. The molecule has 48 heavy (non-hydrogen) atoms. The van der Waals surface area contributed by atoms with E-state index in [-0.39, 0.29) is 36.1 Å². The first kappa shape index (κ1) is 33.1. The number of fused-ring (bicyclic) bond motifs is 5. The molecule has 1 saturated heterocycles. The molecule has 0 spiro atoms. The van der Waals surface area contributed by atoms with Gasteiger partial charge in [-0.15, -0.1) is 0 Å². The van der Waals surface area contributed by atoms with Crippen molar-refractivity contribution in [2.45, 2.75) is 60.5 Å². The van der Waals surface area contributed by atoms with Crippen LogP contribution in [0.15, 0.2) is 119 Å². The Morgan fingerprint density at radius 2 is 1.73 bits per heavy atom. The van der Waals surface area contributed by atoms with Crippen LogP contribution in [0.25, 0.3) is 0 Å². The number of aliphatic imine (C=N–C) groups is 3. The number of methoxy groups -OCH3 is 2. The molecule has 6 rings (SSSR count). The summed E-state index contributed by atoms with van der Waals surface area (Å²) in [7, 11) is 2.68. The molecule has 0 amide bonds. The van der Waals surface area contributed by atoms with Crippen molar-refractivity contribution >= 4 is 29.1 Å². The van der Waals surface area contributed by atoms with Gasteiger partial charge < -0.3 is 24.6 Å². The van der Waals surface area contributed by atoms with Crippen LogP contribution in [-0.4, -0.2) is 61.1 Å². The van der Waals surface area contributed by atoms with Gasteiger partial charge in [0.05, 0.1) is 54.5 Å². The fourth-order valence-electron chi connectivity index (χ4n) is 7.52. The number of nitrogens with zero attached hydrogens (tertiary/aromatic N) is 3. The molecule has 1 aliphatic carbocycles. The zero-order valence-corrected chi connectivity index (χ0v) is 28.8. The molecule has 250 valence electrons. The molecule has 8 bridgehead atoms. The van der Waals surface area contributed by atoms with E-state index in [4.69, 9.17) is 29.2 Å². The third-order valence-electron chi connectivity index (χ3n) is 10.1. The predicted molar refractivity (Wildman–Crippen MR) is 185 cm³/mol. The van der Waals surface area contributed by atoms with E-state index >= 15 is 0 Å². The first-order valence-electron chi connectivity index (χ1n) is 16.3. The zero-order valence-electron chi connectivity index (χ0n) is 28.8. The number of nitrogens with one attached hydrogen (secondary N) is 1. The second-order valence-electron chi connectivity index (χ2n) is 12.7. The standard InChI is InChI=1S/C38H42N4O6/c1-10-22-17(3)24-16-29-31(21(7)48-11-2)19(5)26(40-29)14-25-18(4)23(12-13-30(43)46-8)35(41-25)33-34(38(45)47-9)37(44)32-20(6)27(42-36(32)33)15-28(22)39-24/h10,14-16,18,21,23,34,41,44H,1,11-13H2,2-9H3/t18-,21?,23-,34?/m0/s1. The van der Waals surface area contributed by atoms with Crippen molar-refractivity contribution in [1.29, 1.82) is 0 Å². The highest BCUT2D eigenvalue weighted by Gasteiger charge is 2.49. The van der Waals surface area contributed by atoms with Gasteiger partial charge in [-0.3, -0.25) is 9.59 Å². The molecule has 5 aliphatic heterocycles. The van der Waals surface area contributed by atoms with Crippen LogP contribution in [0.2, 0.25) is 0 Å². The second-order valence-corrected chi connectivity index (χ2v) is 12.7. The monoisotopic (exact) mass is 650 g/mol. The summed E-state index contributed by atoms with van der Waals surface area (Å²) in [6.07, 6.45) is 8.12. The lowest BCUT2D eigenvalue weighted by Crippen LogP contribution is -2.25. The Morgan fingerprint density at radius 1 is 1.02 bits per heavy atom. The number of esters is 2. The number of ether oxygens (including phenoxy) is 3. The summed E-state index contributed by atoms with van der Waals surface area (Å²) in [6.45, 7) is 16.6. The summed E-state index contributed by atoms with van der Waals surface area (Å²) in [5.41, 5.74) is 11.3. The normalized spacial score (nSPS) is 25.1. The fraction of sp³-hybridized carbons (Fsp3) is 0.395. The van der Waals surface area contributed by atoms with Gasteiger partial charge >= 0.3 is 11.9 Å². The Balaban J connectivity index is 1.66. The van der Waals surface area contributed by atoms with Gasteiger partial charge in [0.15, 0.2) is 0 Å². The van der Waals surface area contributed by atoms with Gasteiger partial charge in [-0.05, 0) is 76.0 Å². The van der Waals surface area contributed by atoms with Crippen molar-refractivity contribution in [1.82, 2.24) is 5.32 Å². The van der Waals surface area contributed by atoms with Crippen LogP contribution in [0, 0.1) is 17.8 Å². The summed E-state index contributed by atoms with van der Waals surface area (Å²) >= 11 is 0. The Morgan fingerprint density at radius 3 is 2.40 bits per heavy atom. The minimum atomic E-state index is -1.08. The third-order valence-corrected chi connectivity index (χ3v) is 10.1. The fourth-order valence-corrected chi connectivity index (χ4v) is 7.52. The molecule has 0 aromatic rings. The summed E-state index contributed by atoms with van der Waals surface area (Å²) in [5, 5.41) is 15.3. The van der Waals surface area contributed by atoms with Gasteiger partial charge in [0.2, 0.25) is 0 Å². The predicted octanol–water partition coefficient (Wildman–Crippen LogP) is 6.21. The second kappa shape index (κ2) is 12.6. The van der Waals surface area contributed by atoms with Crippen molar-refractivity contribution in [3.63, 3.8) is 0 Å². The average Bonchev–Trinajstić information content (AvgIpc) is 3.80. The summed E-state index contributed by atoms with van der Waals surface area (Å²) < 4.78 is 16.3. The number of hydrogen-bond acceptors (Lipinski definition) is 10. The van der Waals surface area contributed by atoms with E-state index in [1.165, 1.54) is 14.2 Å². The molecule has 0 aromatic heterocycles. The molecule has 0 saturated carbocycles. The Hall–Kier alpha value is -4.83. The Labute approximate surface area is 281 Å². The van der Waals surface area contributed by atoms with Crippen LogP contribution < -0.4 is 5.32 Å². The van der Waals surface area contributed by atoms with E-state index in [2.05, 4.69) is 18.8 Å². The molecular weight excluding hydrogens is 608 g/mol. The van der Waals surface area contributed by atoms with Crippen molar-refractivity contribution in [3.8, 4) is 0 Å². The van der Waals surface area contributed by atoms with Crippen LogP contribution in [-0.2, 0) is 23.8 Å². The molecule has 0 radical (unpaired) electrons.